The SMILES string of the molecule is CO[C]1[CH][CH]C(C#N)(CCCBr)C[CH]1.[C-]#[O+].[C-]#[O+].[C-]#[O+].[Fe]. The summed E-state index contributed by atoms with van der Waals surface area (Å²) < 4.78 is 27.6. The van der Waals surface area contributed by atoms with Crippen LogP contribution in [0, 0.1) is 62.1 Å². The number of nitrogens with zero attached hydrogens (tertiary/aromatic N) is 1. The van der Waals surface area contributed by atoms with Crippen LogP contribution in [0.4, 0.5) is 0 Å². The molecule has 0 N–H and O–H groups in total. The number of nitriles is 1. The summed E-state index contributed by atoms with van der Waals surface area (Å²) in [6.45, 7) is 13.5. The Hall–Kier alpha value is -0.331. The molecule has 0 heterocycles. The molecular weight excluding hydrogens is 382 g/mol. The van der Waals surface area contributed by atoms with Crippen LogP contribution < -0.4 is 0 Å². The Balaban J connectivity index is -0.000000183. The standard InChI is InChI=1S/C11H14BrNO.3CO.Fe/c1-14-10-3-6-11(9-13,7-4-10)5-2-8-12;3*1-2;/h3-4,6H,2,5,7-8H2,1H3;;;;. The minimum atomic E-state index is -0.310. The maximum absolute atomic E-state index is 9.14. The Morgan fingerprint density at radius 3 is 2.14 bits per heavy atom. The Bertz CT molecular complexity index is 303. The largest absolute Gasteiger partial charge is 0 e. The fourth-order valence-corrected chi connectivity index (χ4v) is 1.80. The third-order valence-corrected chi connectivity index (χ3v) is 3.01. The summed E-state index contributed by atoms with van der Waals surface area (Å²) in [5.74, 6) is 0. The maximum atomic E-state index is 9.14. The topological polar surface area (TPSA) is 92.7 Å². The van der Waals surface area contributed by atoms with Crippen molar-refractivity contribution in [1.29, 1.82) is 5.26 Å². The van der Waals surface area contributed by atoms with Crippen LogP contribution >= 0.6 is 15.9 Å². The zero-order valence-corrected chi connectivity index (χ0v) is 14.1. The second-order valence-electron chi connectivity index (χ2n) is 3.41. The molecule has 1 saturated carbocycles. The van der Waals surface area contributed by atoms with Crippen molar-refractivity contribution in [2.75, 3.05) is 12.4 Å². The smallest absolute Gasteiger partial charge is 0 e. The predicted molar refractivity (Wildman–Crippen MR) is 70.6 cm³/mol. The van der Waals surface area contributed by atoms with E-state index in [0.29, 0.717) is 0 Å². The van der Waals surface area contributed by atoms with Crippen LogP contribution in [0.25, 0.3) is 0 Å². The number of rotatable bonds is 4. The molecule has 114 valence electrons. The van der Waals surface area contributed by atoms with Gasteiger partial charge in [0.2, 0.25) is 0 Å². The van der Waals surface area contributed by atoms with E-state index in [9.17, 15) is 0 Å². The van der Waals surface area contributed by atoms with Gasteiger partial charge in [-0.1, -0.05) is 15.9 Å². The third kappa shape index (κ3) is 13.1. The number of halogens is 1. The molecule has 0 saturated heterocycles. The van der Waals surface area contributed by atoms with Gasteiger partial charge in [0.25, 0.3) is 0 Å². The van der Waals surface area contributed by atoms with Crippen molar-refractivity contribution in [3.8, 4) is 6.07 Å². The van der Waals surface area contributed by atoms with Crippen molar-refractivity contribution in [3.63, 3.8) is 0 Å². The van der Waals surface area contributed by atoms with Gasteiger partial charge >= 0.3 is 33.9 Å². The van der Waals surface area contributed by atoms with Gasteiger partial charge in [-0.25, -0.2) is 0 Å². The second-order valence-corrected chi connectivity index (χ2v) is 4.20. The average Bonchev–Trinajstić information content (AvgIpc) is 2.59. The summed E-state index contributed by atoms with van der Waals surface area (Å²) in [6.07, 6.45) is 9.38. The molecule has 1 unspecified atom stereocenters. The van der Waals surface area contributed by atoms with Gasteiger partial charge < -0.3 is 4.74 Å². The molecule has 0 spiro atoms. The first-order chi connectivity index (χ1) is 9.76. The van der Waals surface area contributed by atoms with Gasteiger partial charge in [-0.15, -0.1) is 0 Å². The molecule has 0 bridgehead atoms. The quantitative estimate of drug-likeness (QED) is 0.317. The molecule has 0 aliphatic heterocycles. The molecular formula is C14H14BrFeNO4. The average molecular weight is 396 g/mol. The van der Waals surface area contributed by atoms with Crippen LogP contribution in [0.3, 0.4) is 0 Å². The summed E-state index contributed by atoms with van der Waals surface area (Å²) >= 11 is 3.38. The monoisotopic (exact) mass is 395 g/mol. The second kappa shape index (κ2) is 22.0. The number of hydrogen-bond donors (Lipinski definition) is 0. The van der Waals surface area contributed by atoms with E-state index in [1.165, 1.54) is 0 Å². The van der Waals surface area contributed by atoms with Crippen LogP contribution in [0.1, 0.15) is 19.3 Å². The van der Waals surface area contributed by atoms with Crippen LogP contribution in [0.2, 0.25) is 0 Å². The molecule has 7 heteroatoms. The molecule has 5 nitrogen and oxygen atoms in total. The van der Waals surface area contributed by atoms with Crippen molar-refractivity contribution in [3.05, 3.63) is 45.3 Å². The van der Waals surface area contributed by atoms with E-state index < -0.39 is 0 Å². The first-order valence-electron chi connectivity index (χ1n) is 5.28. The Morgan fingerprint density at radius 1 is 1.33 bits per heavy atom. The van der Waals surface area contributed by atoms with E-state index in [1.54, 1.807) is 7.11 Å². The summed E-state index contributed by atoms with van der Waals surface area (Å²) in [4.78, 5) is 0. The van der Waals surface area contributed by atoms with Crippen LogP contribution in [-0.2, 0) is 35.8 Å². The van der Waals surface area contributed by atoms with Gasteiger partial charge in [-0.2, -0.15) is 5.26 Å². The fraction of sp³-hybridized carbons (Fsp3) is 0.429. The van der Waals surface area contributed by atoms with Gasteiger partial charge in [0.05, 0.1) is 11.5 Å². The predicted octanol–water partition coefficient (Wildman–Crippen LogP) is 2.75. The summed E-state index contributed by atoms with van der Waals surface area (Å²) in [5, 5.41) is 10.1. The van der Waals surface area contributed by atoms with Crippen LogP contribution in [0.15, 0.2) is 0 Å². The number of alkyl halides is 1. The molecule has 1 aliphatic carbocycles. The minimum Gasteiger partial charge on any atom is 0 e. The zero-order chi connectivity index (χ0) is 16.4. The Labute approximate surface area is 145 Å². The van der Waals surface area contributed by atoms with Gasteiger partial charge in [-0.05, 0) is 32.1 Å². The summed E-state index contributed by atoms with van der Waals surface area (Å²) in [6, 6.07) is 2.39. The first kappa shape index (κ1) is 28.8. The van der Waals surface area contributed by atoms with E-state index in [2.05, 4.69) is 42.0 Å². The van der Waals surface area contributed by atoms with E-state index >= 15 is 0 Å². The van der Waals surface area contributed by atoms with Crippen molar-refractivity contribution in [1.82, 2.24) is 0 Å². The van der Waals surface area contributed by atoms with Crippen molar-refractivity contribution >= 4 is 15.9 Å². The Kier molecular flexibility index (Phi) is 30.1. The number of ether oxygens (including phenoxy) is 1. The molecule has 0 aromatic heterocycles. The molecule has 0 aromatic carbocycles. The maximum Gasteiger partial charge on any atom is 0 e. The molecule has 1 atom stereocenters. The van der Waals surface area contributed by atoms with Crippen molar-refractivity contribution in [2.45, 2.75) is 19.3 Å². The normalized spacial score (nSPS) is 14.8. The molecule has 1 fully saturated rings. The van der Waals surface area contributed by atoms with Gasteiger partial charge in [-0.3, -0.25) is 0 Å². The minimum absolute atomic E-state index is 0. The molecule has 1 aliphatic rings. The van der Waals surface area contributed by atoms with E-state index in [0.717, 1.165) is 30.7 Å². The van der Waals surface area contributed by atoms with Crippen LogP contribution in [0.5, 0.6) is 0 Å². The summed E-state index contributed by atoms with van der Waals surface area (Å²) in [7, 11) is 1.65. The molecule has 4 radical (unpaired) electrons. The van der Waals surface area contributed by atoms with E-state index in [4.69, 9.17) is 24.0 Å². The molecule has 21 heavy (non-hydrogen) atoms. The fourth-order valence-electron chi connectivity index (χ4n) is 1.52. The number of methoxy groups -OCH3 is 1. The summed E-state index contributed by atoms with van der Waals surface area (Å²) in [5.41, 5.74) is -0.310. The van der Waals surface area contributed by atoms with Gasteiger partial charge in [0, 0.05) is 35.9 Å². The van der Waals surface area contributed by atoms with Crippen LogP contribution in [-0.4, -0.2) is 12.4 Å². The molecule has 0 amide bonds. The zero-order valence-electron chi connectivity index (χ0n) is 11.4. The number of hydrogen-bond acceptors (Lipinski definition) is 2. The third-order valence-electron chi connectivity index (χ3n) is 2.45. The van der Waals surface area contributed by atoms with Gasteiger partial charge in [0.15, 0.2) is 0 Å². The van der Waals surface area contributed by atoms with E-state index in [1.807, 2.05) is 19.3 Å². The Morgan fingerprint density at radius 2 is 1.86 bits per heavy atom. The van der Waals surface area contributed by atoms with Crippen molar-refractivity contribution in [2.24, 2.45) is 5.41 Å². The van der Waals surface area contributed by atoms with Crippen molar-refractivity contribution < 1.29 is 35.8 Å². The molecule has 1 rings (SSSR count). The molecule has 0 aromatic rings. The first-order valence-corrected chi connectivity index (χ1v) is 6.40. The van der Waals surface area contributed by atoms with E-state index in [-0.39, 0.29) is 22.5 Å². The van der Waals surface area contributed by atoms with Gasteiger partial charge in [0.1, 0.15) is 6.10 Å².